The van der Waals surface area contributed by atoms with Crippen molar-refractivity contribution in [3.8, 4) is 0 Å². The molecule has 3 nitrogen and oxygen atoms in total. The number of nitrogens with one attached hydrogen (secondary N) is 1. The van der Waals surface area contributed by atoms with E-state index >= 15 is 0 Å². The summed E-state index contributed by atoms with van der Waals surface area (Å²) in [5, 5.41) is 3.23. The molecule has 100 valence electrons. The molecule has 1 aromatic rings. The van der Waals surface area contributed by atoms with Crippen molar-refractivity contribution in [2.45, 2.75) is 46.5 Å². The Balaban J connectivity index is 2.16. The topological polar surface area (TPSA) is 37.8 Å². The average Bonchev–Trinajstić information content (AvgIpc) is 3.01. The van der Waals surface area contributed by atoms with Gasteiger partial charge in [0.25, 0.3) is 0 Å². The maximum absolute atomic E-state index is 4.73. The first-order valence-corrected chi connectivity index (χ1v) is 7.01. The highest BCUT2D eigenvalue weighted by atomic mass is 14.9. The van der Waals surface area contributed by atoms with Crippen LogP contribution in [0.1, 0.15) is 49.0 Å². The van der Waals surface area contributed by atoms with Gasteiger partial charge >= 0.3 is 0 Å². The van der Waals surface area contributed by atoms with Crippen molar-refractivity contribution in [1.29, 1.82) is 0 Å². The third kappa shape index (κ3) is 2.89. The molecule has 1 heterocycles. The second kappa shape index (κ2) is 5.35. The molecule has 18 heavy (non-hydrogen) atoms. The van der Waals surface area contributed by atoms with Crippen LogP contribution in [0.5, 0.6) is 0 Å². The molecule has 1 aliphatic carbocycles. The smallest absolute Gasteiger partial charge is 0.132 e. The van der Waals surface area contributed by atoms with E-state index in [1.165, 1.54) is 23.4 Å². The Morgan fingerprint density at radius 3 is 2.28 bits per heavy atom. The lowest BCUT2D eigenvalue weighted by atomic mass is 9.98. The third-order valence-electron chi connectivity index (χ3n) is 3.98. The van der Waals surface area contributed by atoms with Gasteiger partial charge in [0.05, 0.1) is 0 Å². The molecule has 0 radical (unpaired) electrons. The van der Waals surface area contributed by atoms with Gasteiger partial charge in [0.15, 0.2) is 0 Å². The molecule has 1 aliphatic rings. The van der Waals surface area contributed by atoms with Crippen LogP contribution in [0.15, 0.2) is 0 Å². The molecule has 0 amide bonds. The Hall–Kier alpha value is -0.960. The van der Waals surface area contributed by atoms with E-state index in [0.29, 0.717) is 11.8 Å². The fraction of sp³-hybridized carbons (Fsp3) is 0.733. The summed E-state index contributed by atoms with van der Waals surface area (Å²) in [6, 6.07) is 0. The molecule has 3 unspecified atom stereocenters. The second-order valence-corrected chi connectivity index (χ2v) is 5.92. The van der Waals surface area contributed by atoms with Gasteiger partial charge in [-0.25, -0.2) is 9.97 Å². The highest BCUT2D eigenvalue weighted by Crippen LogP contribution is 2.45. The van der Waals surface area contributed by atoms with Gasteiger partial charge in [-0.3, -0.25) is 0 Å². The molecule has 0 aliphatic heterocycles. The fourth-order valence-corrected chi connectivity index (χ4v) is 2.68. The number of hydrogen-bond acceptors (Lipinski definition) is 3. The quantitative estimate of drug-likeness (QED) is 0.869. The van der Waals surface area contributed by atoms with Crippen molar-refractivity contribution in [1.82, 2.24) is 15.3 Å². The van der Waals surface area contributed by atoms with Crippen molar-refractivity contribution < 1.29 is 0 Å². The molecule has 2 rings (SSSR count). The summed E-state index contributed by atoms with van der Waals surface area (Å²) in [6.07, 6.45) is 2.33. The maximum atomic E-state index is 4.73. The van der Waals surface area contributed by atoms with Crippen LogP contribution in [-0.4, -0.2) is 23.6 Å². The molecular weight excluding hydrogens is 222 g/mol. The van der Waals surface area contributed by atoms with Gasteiger partial charge in [0, 0.05) is 17.3 Å². The summed E-state index contributed by atoms with van der Waals surface area (Å²) in [7, 11) is 2.00. The molecule has 0 aromatic carbocycles. The number of rotatable bonds is 5. The van der Waals surface area contributed by atoms with Crippen LogP contribution in [0.3, 0.4) is 0 Å². The minimum Gasteiger partial charge on any atom is -0.319 e. The maximum Gasteiger partial charge on any atom is 0.132 e. The largest absolute Gasteiger partial charge is 0.319 e. The second-order valence-electron chi connectivity index (χ2n) is 5.92. The van der Waals surface area contributed by atoms with Crippen LogP contribution >= 0.6 is 0 Å². The van der Waals surface area contributed by atoms with Crippen LogP contribution in [0, 0.1) is 25.7 Å². The first kappa shape index (κ1) is 13.5. The SMILES string of the molecule is CNCC(C)Cc1c(C)nc(C2CC2C)nc1C. The Morgan fingerprint density at radius 1 is 1.28 bits per heavy atom. The highest BCUT2D eigenvalue weighted by molar-refractivity contribution is 5.27. The van der Waals surface area contributed by atoms with Gasteiger partial charge in [-0.2, -0.15) is 0 Å². The molecule has 0 spiro atoms. The van der Waals surface area contributed by atoms with Crippen LogP contribution < -0.4 is 5.32 Å². The van der Waals surface area contributed by atoms with E-state index in [4.69, 9.17) is 9.97 Å². The van der Waals surface area contributed by atoms with Gasteiger partial charge in [0.1, 0.15) is 5.82 Å². The molecular formula is C15H25N3. The monoisotopic (exact) mass is 247 g/mol. The Kier molecular flexibility index (Phi) is 4.00. The van der Waals surface area contributed by atoms with Gasteiger partial charge < -0.3 is 5.32 Å². The lowest BCUT2D eigenvalue weighted by molar-refractivity contribution is 0.536. The summed E-state index contributed by atoms with van der Waals surface area (Å²) in [4.78, 5) is 9.46. The van der Waals surface area contributed by atoms with E-state index in [2.05, 4.69) is 33.0 Å². The van der Waals surface area contributed by atoms with Gasteiger partial charge in [-0.15, -0.1) is 0 Å². The number of aromatic nitrogens is 2. The number of aryl methyl sites for hydroxylation is 2. The summed E-state index contributed by atoms with van der Waals surface area (Å²) in [5.41, 5.74) is 3.70. The zero-order chi connectivity index (χ0) is 13.3. The summed E-state index contributed by atoms with van der Waals surface area (Å²) >= 11 is 0. The van der Waals surface area contributed by atoms with E-state index in [1.54, 1.807) is 0 Å². The first-order chi connectivity index (χ1) is 8.52. The lowest BCUT2D eigenvalue weighted by Crippen LogP contribution is -2.19. The van der Waals surface area contributed by atoms with Gasteiger partial charge in [-0.05, 0) is 57.7 Å². The Bertz CT molecular complexity index is 405. The molecule has 1 N–H and O–H groups in total. The summed E-state index contributed by atoms with van der Waals surface area (Å²) < 4.78 is 0. The third-order valence-corrected chi connectivity index (χ3v) is 3.98. The van der Waals surface area contributed by atoms with E-state index in [9.17, 15) is 0 Å². The number of hydrogen-bond donors (Lipinski definition) is 1. The van der Waals surface area contributed by atoms with E-state index in [1.807, 2.05) is 7.05 Å². The zero-order valence-electron chi connectivity index (χ0n) is 12.2. The lowest BCUT2D eigenvalue weighted by Gasteiger charge is -2.15. The molecule has 1 fully saturated rings. The van der Waals surface area contributed by atoms with Crippen LogP contribution in [-0.2, 0) is 6.42 Å². The Morgan fingerprint density at radius 2 is 1.83 bits per heavy atom. The number of nitrogens with zero attached hydrogens (tertiary/aromatic N) is 2. The van der Waals surface area contributed by atoms with E-state index in [-0.39, 0.29) is 0 Å². The van der Waals surface area contributed by atoms with Crippen molar-refractivity contribution in [3.63, 3.8) is 0 Å². The summed E-state index contributed by atoms with van der Waals surface area (Å²) in [6.45, 7) is 9.85. The van der Waals surface area contributed by atoms with Crippen LogP contribution in [0.4, 0.5) is 0 Å². The molecule has 3 atom stereocenters. The van der Waals surface area contributed by atoms with Gasteiger partial charge in [-0.1, -0.05) is 13.8 Å². The van der Waals surface area contributed by atoms with Crippen molar-refractivity contribution in [3.05, 3.63) is 22.8 Å². The van der Waals surface area contributed by atoms with E-state index in [0.717, 1.165) is 24.7 Å². The van der Waals surface area contributed by atoms with Crippen molar-refractivity contribution >= 4 is 0 Å². The Labute approximate surface area is 110 Å². The van der Waals surface area contributed by atoms with Crippen LogP contribution in [0.25, 0.3) is 0 Å². The highest BCUT2D eigenvalue weighted by Gasteiger charge is 2.37. The van der Waals surface area contributed by atoms with Crippen molar-refractivity contribution in [2.75, 3.05) is 13.6 Å². The molecule has 3 heteroatoms. The molecule has 1 aromatic heterocycles. The minimum absolute atomic E-state index is 0.617. The first-order valence-electron chi connectivity index (χ1n) is 7.01. The average molecular weight is 247 g/mol. The zero-order valence-corrected chi connectivity index (χ0v) is 12.2. The van der Waals surface area contributed by atoms with Crippen molar-refractivity contribution in [2.24, 2.45) is 11.8 Å². The summed E-state index contributed by atoms with van der Waals surface area (Å²) in [5.74, 6) is 3.09. The predicted molar refractivity (Wildman–Crippen MR) is 74.8 cm³/mol. The fourth-order valence-electron chi connectivity index (χ4n) is 2.68. The van der Waals surface area contributed by atoms with Gasteiger partial charge in [0.2, 0.25) is 0 Å². The predicted octanol–water partition coefficient (Wildman–Crippen LogP) is 2.61. The normalized spacial score (nSPS) is 24.1. The molecule has 1 saturated carbocycles. The minimum atomic E-state index is 0.617. The van der Waals surface area contributed by atoms with E-state index < -0.39 is 0 Å². The molecule has 0 saturated heterocycles. The van der Waals surface area contributed by atoms with Crippen LogP contribution in [0.2, 0.25) is 0 Å². The molecule has 0 bridgehead atoms. The standard InChI is InChI=1S/C15H25N3/c1-9(8-16-5)6-14-11(3)17-15(18-12(14)4)13-7-10(13)2/h9-10,13,16H,6-8H2,1-5H3.